The molecule has 3 nitrogen and oxygen atoms in total. The molecule has 0 atom stereocenters. The quantitative estimate of drug-likeness (QED) is 0.141. The summed E-state index contributed by atoms with van der Waals surface area (Å²) in [5, 5.41) is 5.02. The van der Waals surface area contributed by atoms with Gasteiger partial charge in [-0.15, -0.1) is 0 Å². The summed E-state index contributed by atoms with van der Waals surface area (Å²) >= 11 is 0. The number of benzene rings is 11. The van der Waals surface area contributed by atoms with E-state index in [0.29, 0.717) is 0 Å². The first-order valence-electron chi connectivity index (χ1n) is 23.7. The van der Waals surface area contributed by atoms with E-state index in [4.69, 9.17) is 0 Å². The van der Waals surface area contributed by atoms with Gasteiger partial charge in [-0.1, -0.05) is 182 Å². The molecule has 0 aliphatic heterocycles. The molecule has 0 saturated heterocycles. The molecule has 13 aromatic rings. The molecule has 11 aromatic carbocycles. The summed E-state index contributed by atoms with van der Waals surface area (Å²) < 4.78 is 4.78. The normalized spacial score (nSPS) is 11.5. The van der Waals surface area contributed by atoms with Crippen LogP contribution in [0.25, 0.3) is 99.5 Å². The first-order valence-corrected chi connectivity index (χ1v) is 23.7. The number of anilines is 3. The van der Waals surface area contributed by atoms with Gasteiger partial charge in [-0.25, -0.2) is 0 Å². The van der Waals surface area contributed by atoms with E-state index >= 15 is 0 Å². The molecule has 0 amide bonds. The molecule has 3 heteroatoms. The van der Waals surface area contributed by atoms with Crippen molar-refractivity contribution < 1.29 is 0 Å². The lowest BCUT2D eigenvalue weighted by atomic mass is 9.98. The lowest BCUT2D eigenvalue weighted by Gasteiger charge is -2.26. The van der Waals surface area contributed by atoms with Crippen LogP contribution in [0.5, 0.6) is 0 Å². The summed E-state index contributed by atoms with van der Waals surface area (Å²) in [7, 11) is 0. The number of hydrogen-bond acceptors (Lipinski definition) is 1. The largest absolute Gasteiger partial charge is 0.311 e. The van der Waals surface area contributed by atoms with Crippen molar-refractivity contribution >= 4 is 60.7 Å². The van der Waals surface area contributed by atoms with Gasteiger partial charge in [0.15, 0.2) is 0 Å². The summed E-state index contributed by atoms with van der Waals surface area (Å²) in [4.78, 5) is 2.34. The molecule has 0 aliphatic carbocycles. The van der Waals surface area contributed by atoms with Crippen LogP contribution in [-0.2, 0) is 0 Å². The van der Waals surface area contributed by atoms with E-state index in [0.717, 1.165) is 28.4 Å². The third-order valence-corrected chi connectivity index (χ3v) is 13.8. The summed E-state index contributed by atoms with van der Waals surface area (Å²) in [6, 6.07) is 98.9. The van der Waals surface area contributed by atoms with E-state index in [1.165, 1.54) is 88.1 Å². The van der Waals surface area contributed by atoms with Crippen molar-refractivity contribution in [1.82, 2.24) is 9.13 Å². The predicted molar refractivity (Wildman–Crippen MR) is 292 cm³/mol. The van der Waals surface area contributed by atoms with Gasteiger partial charge in [0.05, 0.1) is 22.1 Å². The van der Waals surface area contributed by atoms with Crippen molar-refractivity contribution in [3.8, 4) is 55.9 Å². The second kappa shape index (κ2) is 16.9. The van der Waals surface area contributed by atoms with Crippen LogP contribution in [0.4, 0.5) is 17.1 Å². The predicted octanol–water partition coefficient (Wildman–Crippen LogP) is 18.0. The highest BCUT2D eigenvalue weighted by molar-refractivity contribution is 6.11. The van der Waals surface area contributed by atoms with Crippen LogP contribution in [-0.4, -0.2) is 9.13 Å². The molecular weight excluding hydrogens is 835 g/mol. The molecule has 0 aliphatic rings. The van der Waals surface area contributed by atoms with Crippen molar-refractivity contribution in [1.29, 1.82) is 0 Å². The van der Waals surface area contributed by atoms with Gasteiger partial charge in [0.2, 0.25) is 0 Å². The van der Waals surface area contributed by atoms with Crippen molar-refractivity contribution in [3.05, 3.63) is 273 Å². The Balaban J connectivity index is 0.798. The molecular formula is C66H45N3. The van der Waals surface area contributed by atoms with E-state index in [1.54, 1.807) is 0 Å². The number of rotatable bonds is 9. The maximum atomic E-state index is 2.40. The molecule has 0 fully saturated rings. The van der Waals surface area contributed by atoms with Gasteiger partial charge in [-0.3, -0.25) is 0 Å². The number of para-hydroxylation sites is 3. The molecule has 2 heterocycles. The first kappa shape index (κ1) is 40.1. The van der Waals surface area contributed by atoms with Crippen molar-refractivity contribution in [2.24, 2.45) is 0 Å². The van der Waals surface area contributed by atoms with Gasteiger partial charge in [-0.05, 0) is 136 Å². The number of nitrogens with zero attached hydrogens (tertiary/aromatic N) is 3. The second-order valence-electron chi connectivity index (χ2n) is 17.8. The molecule has 69 heavy (non-hydrogen) atoms. The van der Waals surface area contributed by atoms with Crippen LogP contribution in [0.15, 0.2) is 273 Å². The van der Waals surface area contributed by atoms with Gasteiger partial charge in [-0.2, -0.15) is 0 Å². The van der Waals surface area contributed by atoms with Gasteiger partial charge in [0, 0.05) is 50.0 Å². The lowest BCUT2D eigenvalue weighted by molar-refractivity contribution is 1.14. The molecule has 0 unspecified atom stereocenters. The smallest absolute Gasteiger partial charge is 0.0541 e. The number of fused-ring (bicyclic) bond motifs is 6. The van der Waals surface area contributed by atoms with Crippen LogP contribution in [0.2, 0.25) is 0 Å². The molecule has 0 bridgehead atoms. The van der Waals surface area contributed by atoms with Crippen molar-refractivity contribution in [2.75, 3.05) is 4.90 Å². The first-order chi connectivity index (χ1) is 34.2. The molecule has 2 aromatic heterocycles. The van der Waals surface area contributed by atoms with Crippen LogP contribution in [0, 0.1) is 0 Å². The molecule has 0 saturated carbocycles. The fourth-order valence-corrected chi connectivity index (χ4v) is 10.4. The topological polar surface area (TPSA) is 13.1 Å². The summed E-state index contributed by atoms with van der Waals surface area (Å²) in [5.74, 6) is 0. The molecule has 324 valence electrons. The van der Waals surface area contributed by atoms with Crippen LogP contribution >= 0.6 is 0 Å². The third-order valence-electron chi connectivity index (χ3n) is 13.8. The zero-order valence-corrected chi connectivity index (χ0v) is 37.8. The van der Waals surface area contributed by atoms with Crippen LogP contribution < -0.4 is 4.90 Å². The monoisotopic (exact) mass is 879 g/mol. The van der Waals surface area contributed by atoms with Gasteiger partial charge in [0.1, 0.15) is 0 Å². The molecule has 0 N–H and O–H groups in total. The maximum absolute atomic E-state index is 2.40. The highest BCUT2D eigenvalue weighted by Crippen LogP contribution is 2.40. The van der Waals surface area contributed by atoms with Crippen LogP contribution in [0.1, 0.15) is 0 Å². The summed E-state index contributed by atoms with van der Waals surface area (Å²) in [6.45, 7) is 0. The van der Waals surface area contributed by atoms with E-state index in [2.05, 4.69) is 287 Å². The minimum atomic E-state index is 1.10. The van der Waals surface area contributed by atoms with Gasteiger partial charge >= 0.3 is 0 Å². The molecule has 0 spiro atoms. The minimum Gasteiger partial charge on any atom is -0.311 e. The van der Waals surface area contributed by atoms with E-state index in [-0.39, 0.29) is 0 Å². The Kier molecular flexibility index (Phi) is 9.84. The number of aromatic nitrogens is 2. The van der Waals surface area contributed by atoms with Gasteiger partial charge in [0.25, 0.3) is 0 Å². The summed E-state index contributed by atoms with van der Waals surface area (Å²) in [6.07, 6.45) is 0. The molecule has 0 radical (unpaired) electrons. The second-order valence-corrected chi connectivity index (χ2v) is 17.8. The SMILES string of the molecule is c1ccc(-c2ccc(N(c3ccc(-c4ccccc4)cc3)c3ccc(-c4ccc(-c5ccc6c(c5)c5ccccc5n6-c5ccc(-n6c7ccccc7c7ccccc76)cc5)cc4)cc3)cc2)cc1. The van der Waals surface area contributed by atoms with Crippen molar-refractivity contribution in [3.63, 3.8) is 0 Å². The fourth-order valence-electron chi connectivity index (χ4n) is 10.4. The Morgan fingerprint density at radius 3 is 0.870 bits per heavy atom. The average molecular weight is 880 g/mol. The lowest BCUT2D eigenvalue weighted by Crippen LogP contribution is -2.09. The summed E-state index contributed by atoms with van der Waals surface area (Å²) in [5.41, 5.74) is 20.0. The fraction of sp³-hybridized carbons (Fsp3) is 0. The number of hydrogen-bond donors (Lipinski definition) is 0. The Labute approximate surface area is 401 Å². The Hall–Kier alpha value is -9.18. The minimum absolute atomic E-state index is 1.10. The van der Waals surface area contributed by atoms with E-state index < -0.39 is 0 Å². The van der Waals surface area contributed by atoms with Gasteiger partial charge < -0.3 is 14.0 Å². The van der Waals surface area contributed by atoms with Crippen LogP contribution in [0.3, 0.4) is 0 Å². The third kappa shape index (κ3) is 7.16. The Morgan fingerprint density at radius 2 is 0.478 bits per heavy atom. The average Bonchev–Trinajstić information content (AvgIpc) is 3.95. The maximum Gasteiger partial charge on any atom is 0.0541 e. The zero-order valence-electron chi connectivity index (χ0n) is 37.8. The highest BCUT2D eigenvalue weighted by Gasteiger charge is 2.17. The van der Waals surface area contributed by atoms with E-state index in [9.17, 15) is 0 Å². The van der Waals surface area contributed by atoms with Crippen molar-refractivity contribution in [2.45, 2.75) is 0 Å². The highest BCUT2D eigenvalue weighted by atomic mass is 15.1. The Bertz CT molecular complexity index is 3810. The Morgan fingerprint density at radius 1 is 0.203 bits per heavy atom. The van der Waals surface area contributed by atoms with E-state index in [1.807, 2.05) is 0 Å². The standard InChI is InChI=1S/C66H45N3/c1-3-13-46(14-4-1)49-27-34-54(35-28-49)67(55-36-29-50(30-37-55)47-15-5-2-6-16-47)56-38-31-51(32-39-56)48-23-25-52(26-24-48)53-33-44-66-62(45-53)61-19-9-12-22-65(61)69(66)58-42-40-57(41-43-58)68-63-20-10-7-17-59(63)60-18-8-11-21-64(60)68/h1-45H. The molecule has 13 rings (SSSR count). The zero-order chi connectivity index (χ0) is 45.7.